The maximum Gasteiger partial charge on any atom is 0.410 e. The molecule has 4 nitrogen and oxygen atoms in total. The van der Waals surface area contributed by atoms with Crippen molar-refractivity contribution < 1.29 is 14.6 Å². The summed E-state index contributed by atoms with van der Waals surface area (Å²) in [6.07, 6.45) is 3.58. The van der Waals surface area contributed by atoms with E-state index in [4.69, 9.17) is 4.74 Å². The molecule has 2 atom stereocenters. The second kappa shape index (κ2) is 6.80. The summed E-state index contributed by atoms with van der Waals surface area (Å²) in [6, 6.07) is 8.78. The number of ether oxygens (including phenoxy) is 1. The SMILES string of the molecule is CC(C)(C)OC(=O)N1C2CCC1CC(O)(Cc1ccc(C(C)(C)C)cc1)C2. The molecule has 2 aliphatic heterocycles. The number of piperidine rings is 1. The molecule has 150 valence electrons. The van der Waals surface area contributed by atoms with Gasteiger partial charge < -0.3 is 14.7 Å². The predicted octanol–water partition coefficient (Wildman–Crippen LogP) is 4.82. The Morgan fingerprint density at radius 1 is 1.07 bits per heavy atom. The molecule has 1 aromatic carbocycles. The van der Waals surface area contributed by atoms with Gasteiger partial charge in [0.05, 0.1) is 5.60 Å². The van der Waals surface area contributed by atoms with Crippen molar-refractivity contribution in [3.05, 3.63) is 35.4 Å². The minimum absolute atomic E-state index is 0.0810. The van der Waals surface area contributed by atoms with Gasteiger partial charge in [0.2, 0.25) is 0 Å². The summed E-state index contributed by atoms with van der Waals surface area (Å²) in [7, 11) is 0. The lowest BCUT2D eigenvalue weighted by atomic mass is 9.80. The van der Waals surface area contributed by atoms with Gasteiger partial charge in [0.15, 0.2) is 0 Å². The van der Waals surface area contributed by atoms with E-state index >= 15 is 0 Å². The fourth-order valence-electron chi connectivity index (χ4n) is 4.58. The van der Waals surface area contributed by atoms with Gasteiger partial charge in [0.1, 0.15) is 5.60 Å². The number of fused-ring (bicyclic) bond motifs is 2. The van der Waals surface area contributed by atoms with E-state index in [1.165, 1.54) is 5.56 Å². The third-order valence-corrected chi connectivity index (χ3v) is 5.81. The Bertz CT molecular complexity index is 667. The first-order valence-electron chi connectivity index (χ1n) is 10.2. The summed E-state index contributed by atoms with van der Waals surface area (Å²) < 4.78 is 5.59. The van der Waals surface area contributed by atoms with E-state index in [1.54, 1.807) is 0 Å². The molecular weight excluding hydrogens is 338 g/mol. The number of amides is 1. The van der Waals surface area contributed by atoms with Crippen molar-refractivity contribution >= 4 is 6.09 Å². The Balaban J connectivity index is 1.68. The van der Waals surface area contributed by atoms with E-state index in [0.29, 0.717) is 19.3 Å². The Morgan fingerprint density at radius 3 is 2.04 bits per heavy atom. The maximum absolute atomic E-state index is 12.6. The molecule has 2 aliphatic rings. The fourth-order valence-corrected chi connectivity index (χ4v) is 4.58. The van der Waals surface area contributed by atoms with E-state index in [2.05, 4.69) is 45.0 Å². The fraction of sp³-hybridized carbons (Fsp3) is 0.696. The Labute approximate surface area is 163 Å². The summed E-state index contributed by atoms with van der Waals surface area (Å²) in [6.45, 7) is 12.3. The standard InChI is InChI=1S/C23H35NO3/c1-21(2,3)17-9-7-16(8-10-17)13-23(26)14-18-11-12-19(15-23)24(18)20(25)27-22(4,5)6/h7-10,18-19,26H,11-15H2,1-6H3. The van der Waals surface area contributed by atoms with Crippen LogP contribution in [0.2, 0.25) is 0 Å². The normalized spacial score (nSPS) is 28.3. The van der Waals surface area contributed by atoms with Gasteiger partial charge >= 0.3 is 6.09 Å². The molecule has 2 heterocycles. The maximum atomic E-state index is 12.6. The van der Waals surface area contributed by atoms with Gasteiger partial charge in [-0.05, 0) is 63.0 Å². The van der Waals surface area contributed by atoms with Gasteiger partial charge in [0, 0.05) is 18.5 Å². The zero-order valence-electron chi connectivity index (χ0n) is 17.7. The van der Waals surface area contributed by atoms with Crippen molar-refractivity contribution in [1.82, 2.24) is 4.90 Å². The Kier molecular flexibility index (Phi) is 5.09. The molecule has 0 spiro atoms. The highest BCUT2D eigenvalue weighted by molar-refractivity contribution is 5.69. The first-order valence-corrected chi connectivity index (χ1v) is 10.2. The van der Waals surface area contributed by atoms with E-state index in [-0.39, 0.29) is 23.6 Å². The lowest BCUT2D eigenvalue weighted by Gasteiger charge is -2.44. The molecule has 0 aromatic heterocycles. The van der Waals surface area contributed by atoms with Crippen LogP contribution in [0.25, 0.3) is 0 Å². The first-order chi connectivity index (χ1) is 12.4. The van der Waals surface area contributed by atoms with Crippen molar-refractivity contribution in [2.75, 3.05) is 0 Å². The molecule has 0 saturated carbocycles. The Morgan fingerprint density at radius 2 is 1.59 bits per heavy atom. The number of hydrogen-bond donors (Lipinski definition) is 1. The quantitative estimate of drug-likeness (QED) is 0.808. The van der Waals surface area contributed by atoms with Gasteiger partial charge in [-0.2, -0.15) is 0 Å². The number of benzene rings is 1. The second-order valence-corrected chi connectivity index (χ2v) is 10.5. The van der Waals surface area contributed by atoms with Crippen molar-refractivity contribution in [2.24, 2.45) is 0 Å². The predicted molar refractivity (Wildman–Crippen MR) is 108 cm³/mol. The minimum atomic E-state index is -0.742. The molecule has 2 bridgehead atoms. The van der Waals surface area contributed by atoms with Crippen LogP contribution >= 0.6 is 0 Å². The smallest absolute Gasteiger partial charge is 0.410 e. The van der Waals surface area contributed by atoms with E-state index in [0.717, 1.165) is 18.4 Å². The van der Waals surface area contributed by atoms with Crippen molar-refractivity contribution in [3.8, 4) is 0 Å². The highest BCUT2D eigenvalue weighted by Gasteiger charge is 2.50. The molecular formula is C23H35NO3. The third kappa shape index (κ3) is 4.66. The number of hydrogen-bond acceptors (Lipinski definition) is 3. The van der Waals surface area contributed by atoms with E-state index < -0.39 is 11.2 Å². The first kappa shape index (κ1) is 20.2. The molecule has 3 rings (SSSR count). The monoisotopic (exact) mass is 373 g/mol. The van der Waals surface area contributed by atoms with Crippen molar-refractivity contribution in [1.29, 1.82) is 0 Å². The van der Waals surface area contributed by atoms with Crippen LogP contribution in [0.5, 0.6) is 0 Å². The van der Waals surface area contributed by atoms with Crippen LogP contribution in [0, 0.1) is 0 Å². The van der Waals surface area contributed by atoms with Crippen LogP contribution in [-0.4, -0.2) is 39.4 Å². The van der Waals surface area contributed by atoms with Gasteiger partial charge in [-0.1, -0.05) is 45.0 Å². The third-order valence-electron chi connectivity index (χ3n) is 5.81. The Hall–Kier alpha value is -1.55. The minimum Gasteiger partial charge on any atom is -0.444 e. The van der Waals surface area contributed by atoms with Gasteiger partial charge in [0.25, 0.3) is 0 Å². The van der Waals surface area contributed by atoms with Crippen LogP contribution in [0.4, 0.5) is 4.79 Å². The van der Waals surface area contributed by atoms with Gasteiger partial charge in [-0.25, -0.2) is 4.79 Å². The van der Waals surface area contributed by atoms with Crippen molar-refractivity contribution in [2.45, 2.75) is 102 Å². The highest BCUT2D eigenvalue weighted by atomic mass is 16.6. The molecule has 2 fully saturated rings. The van der Waals surface area contributed by atoms with Crippen LogP contribution < -0.4 is 0 Å². The highest BCUT2D eigenvalue weighted by Crippen LogP contribution is 2.43. The van der Waals surface area contributed by atoms with Gasteiger partial charge in [-0.15, -0.1) is 0 Å². The van der Waals surface area contributed by atoms with E-state index in [1.807, 2.05) is 25.7 Å². The zero-order valence-corrected chi connectivity index (χ0v) is 17.7. The molecule has 1 N–H and O–H groups in total. The van der Waals surface area contributed by atoms with E-state index in [9.17, 15) is 9.90 Å². The molecule has 1 amide bonds. The number of carbonyl (C=O) groups is 1. The number of rotatable bonds is 2. The molecule has 0 aliphatic carbocycles. The molecule has 1 aromatic rings. The summed E-state index contributed by atoms with van der Waals surface area (Å²) in [5.41, 5.74) is 1.37. The van der Waals surface area contributed by atoms with Crippen LogP contribution in [-0.2, 0) is 16.6 Å². The van der Waals surface area contributed by atoms with Gasteiger partial charge in [-0.3, -0.25) is 0 Å². The summed E-state index contributed by atoms with van der Waals surface area (Å²) in [4.78, 5) is 14.5. The average molecular weight is 374 g/mol. The largest absolute Gasteiger partial charge is 0.444 e. The molecule has 2 saturated heterocycles. The molecule has 4 heteroatoms. The summed E-state index contributed by atoms with van der Waals surface area (Å²) in [5.74, 6) is 0. The number of aliphatic hydroxyl groups is 1. The van der Waals surface area contributed by atoms with Crippen LogP contribution in [0.1, 0.15) is 78.4 Å². The number of nitrogens with zero attached hydrogens (tertiary/aromatic N) is 1. The summed E-state index contributed by atoms with van der Waals surface area (Å²) >= 11 is 0. The van der Waals surface area contributed by atoms with Crippen molar-refractivity contribution in [3.63, 3.8) is 0 Å². The molecule has 27 heavy (non-hydrogen) atoms. The van der Waals surface area contributed by atoms with Crippen LogP contribution in [0.15, 0.2) is 24.3 Å². The summed E-state index contributed by atoms with van der Waals surface area (Å²) in [5, 5.41) is 11.3. The molecule has 0 radical (unpaired) electrons. The second-order valence-electron chi connectivity index (χ2n) is 10.5. The lowest BCUT2D eigenvalue weighted by Crippen LogP contribution is -2.54. The zero-order chi connectivity index (χ0) is 20.0. The number of carbonyl (C=O) groups excluding carboxylic acids is 1. The molecule has 2 unspecified atom stereocenters. The average Bonchev–Trinajstić information content (AvgIpc) is 2.78. The lowest BCUT2D eigenvalue weighted by molar-refractivity contribution is -0.0579. The van der Waals surface area contributed by atoms with Crippen LogP contribution in [0.3, 0.4) is 0 Å². The topological polar surface area (TPSA) is 49.8 Å².